The highest BCUT2D eigenvalue weighted by Crippen LogP contribution is 2.15. The molecular formula is C10H19NO2S. The van der Waals surface area contributed by atoms with Gasteiger partial charge in [0.05, 0.1) is 5.75 Å². The van der Waals surface area contributed by atoms with Crippen LogP contribution in [0.4, 0.5) is 0 Å². The second-order valence-corrected chi connectivity index (χ2v) is 4.22. The van der Waals surface area contributed by atoms with E-state index in [4.69, 9.17) is 4.74 Å². The Balaban J connectivity index is 2.04. The van der Waals surface area contributed by atoms with Crippen LogP contribution >= 0.6 is 12.6 Å². The fraction of sp³-hybridized carbons (Fsp3) is 0.900. The summed E-state index contributed by atoms with van der Waals surface area (Å²) in [5.41, 5.74) is 0. The fourth-order valence-electron chi connectivity index (χ4n) is 1.62. The summed E-state index contributed by atoms with van der Waals surface area (Å²) in [5, 5.41) is 0. The van der Waals surface area contributed by atoms with Gasteiger partial charge in [0, 0.05) is 6.54 Å². The first-order valence-electron chi connectivity index (χ1n) is 5.21. The third-order valence-electron chi connectivity index (χ3n) is 2.68. The molecule has 1 saturated heterocycles. The van der Waals surface area contributed by atoms with Crippen molar-refractivity contribution >= 4 is 18.6 Å². The van der Waals surface area contributed by atoms with Crippen molar-refractivity contribution in [2.24, 2.45) is 5.92 Å². The minimum absolute atomic E-state index is 0.178. The van der Waals surface area contributed by atoms with Gasteiger partial charge in [0.2, 0.25) is 0 Å². The summed E-state index contributed by atoms with van der Waals surface area (Å²) < 4.78 is 4.96. The molecule has 0 radical (unpaired) electrons. The summed E-state index contributed by atoms with van der Waals surface area (Å²) in [6, 6.07) is 0. The molecule has 0 spiro atoms. The maximum Gasteiger partial charge on any atom is 0.315 e. The molecule has 0 aromatic rings. The molecule has 14 heavy (non-hydrogen) atoms. The lowest BCUT2D eigenvalue weighted by Gasteiger charge is -2.29. The van der Waals surface area contributed by atoms with Crippen LogP contribution in [-0.4, -0.2) is 42.9 Å². The molecule has 1 heterocycles. The van der Waals surface area contributed by atoms with Crippen molar-refractivity contribution in [3.05, 3.63) is 0 Å². The smallest absolute Gasteiger partial charge is 0.315 e. The predicted molar refractivity (Wildman–Crippen MR) is 59.7 cm³/mol. The van der Waals surface area contributed by atoms with Crippen molar-refractivity contribution in [2.45, 2.75) is 19.8 Å². The number of esters is 1. The Kier molecular flexibility index (Phi) is 5.33. The molecule has 0 aromatic heterocycles. The molecule has 4 heteroatoms. The van der Waals surface area contributed by atoms with Gasteiger partial charge in [0.15, 0.2) is 0 Å². The van der Waals surface area contributed by atoms with E-state index in [1.54, 1.807) is 0 Å². The lowest BCUT2D eigenvalue weighted by atomic mass is 9.99. The summed E-state index contributed by atoms with van der Waals surface area (Å²) >= 11 is 3.84. The number of carbonyl (C=O) groups excluding carboxylic acids is 1. The van der Waals surface area contributed by atoms with E-state index < -0.39 is 0 Å². The SMILES string of the molecule is CC1CCN(CCOC(=O)CS)CC1. The molecule has 1 rings (SSSR count). The summed E-state index contributed by atoms with van der Waals surface area (Å²) in [4.78, 5) is 13.1. The van der Waals surface area contributed by atoms with E-state index in [1.165, 1.54) is 12.8 Å². The first-order valence-corrected chi connectivity index (χ1v) is 5.84. The van der Waals surface area contributed by atoms with Gasteiger partial charge in [0.25, 0.3) is 0 Å². The molecule has 0 amide bonds. The lowest BCUT2D eigenvalue weighted by molar-refractivity contribution is -0.140. The highest BCUT2D eigenvalue weighted by Gasteiger charge is 2.15. The third-order valence-corrected chi connectivity index (χ3v) is 2.93. The summed E-state index contributed by atoms with van der Waals surface area (Å²) in [6.45, 7) is 5.94. The van der Waals surface area contributed by atoms with Gasteiger partial charge in [-0.2, -0.15) is 12.6 Å². The average Bonchev–Trinajstić information content (AvgIpc) is 2.21. The van der Waals surface area contributed by atoms with E-state index >= 15 is 0 Å². The Hall–Kier alpha value is -0.220. The normalized spacial score (nSPS) is 19.6. The van der Waals surface area contributed by atoms with E-state index in [-0.39, 0.29) is 11.7 Å². The molecule has 1 aliphatic heterocycles. The summed E-state index contributed by atoms with van der Waals surface area (Å²) in [5.74, 6) is 0.807. The Morgan fingerprint density at radius 1 is 1.50 bits per heavy atom. The van der Waals surface area contributed by atoms with E-state index in [0.29, 0.717) is 6.61 Å². The zero-order chi connectivity index (χ0) is 10.4. The molecule has 1 aliphatic rings. The molecule has 3 nitrogen and oxygen atoms in total. The molecule has 0 atom stereocenters. The molecule has 1 fully saturated rings. The highest BCUT2D eigenvalue weighted by molar-refractivity contribution is 7.81. The first kappa shape index (κ1) is 11.9. The van der Waals surface area contributed by atoms with E-state index in [9.17, 15) is 4.79 Å². The quantitative estimate of drug-likeness (QED) is 0.566. The number of hydrogen-bond acceptors (Lipinski definition) is 4. The van der Waals surface area contributed by atoms with Crippen LogP contribution < -0.4 is 0 Å². The summed E-state index contributed by atoms with van der Waals surface area (Å²) in [7, 11) is 0. The van der Waals surface area contributed by atoms with Crippen molar-refractivity contribution in [3.8, 4) is 0 Å². The minimum Gasteiger partial charge on any atom is -0.464 e. The molecule has 82 valence electrons. The molecule has 0 aliphatic carbocycles. The van der Waals surface area contributed by atoms with Gasteiger partial charge in [-0.1, -0.05) is 6.92 Å². The van der Waals surface area contributed by atoms with E-state index in [1.807, 2.05) is 0 Å². The fourth-order valence-corrected chi connectivity index (χ4v) is 1.71. The van der Waals surface area contributed by atoms with Crippen LogP contribution in [-0.2, 0) is 9.53 Å². The summed E-state index contributed by atoms with van der Waals surface area (Å²) in [6.07, 6.45) is 2.53. The third kappa shape index (κ3) is 4.33. The second kappa shape index (κ2) is 6.30. The Morgan fingerprint density at radius 2 is 2.14 bits per heavy atom. The monoisotopic (exact) mass is 217 g/mol. The van der Waals surface area contributed by atoms with Gasteiger partial charge in [-0.15, -0.1) is 0 Å². The van der Waals surface area contributed by atoms with E-state index in [2.05, 4.69) is 24.5 Å². The Labute approximate surface area is 91.2 Å². The van der Waals surface area contributed by atoms with Gasteiger partial charge >= 0.3 is 5.97 Å². The van der Waals surface area contributed by atoms with Crippen LogP contribution in [0.2, 0.25) is 0 Å². The maximum atomic E-state index is 10.8. The molecule has 0 aromatic carbocycles. The highest BCUT2D eigenvalue weighted by atomic mass is 32.1. The van der Waals surface area contributed by atoms with Crippen LogP contribution in [0.25, 0.3) is 0 Å². The molecule has 0 N–H and O–H groups in total. The Bertz CT molecular complexity index is 179. The van der Waals surface area contributed by atoms with Crippen LogP contribution in [0.1, 0.15) is 19.8 Å². The van der Waals surface area contributed by atoms with Gasteiger partial charge in [-0.25, -0.2) is 0 Å². The second-order valence-electron chi connectivity index (χ2n) is 3.90. The van der Waals surface area contributed by atoms with Crippen LogP contribution in [0, 0.1) is 5.92 Å². The van der Waals surface area contributed by atoms with Crippen LogP contribution in [0.15, 0.2) is 0 Å². The van der Waals surface area contributed by atoms with Crippen LogP contribution in [0.5, 0.6) is 0 Å². The largest absolute Gasteiger partial charge is 0.464 e. The number of ether oxygens (including phenoxy) is 1. The van der Waals surface area contributed by atoms with Crippen molar-refractivity contribution in [2.75, 3.05) is 32.0 Å². The topological polar surface area (TPSA) is 29.5 Å². The number of rotatable bonds is 4. The lowest BCUT2D eigenvalue weighted by Crippen LogP contribution is -2.35. The van der Waals surface area contributed by atoms with Gasteiger partial charge in [-0.3, -0.25) is 9.69 Å². The number of piperidine rings is 1. The van der Waals surface area contributed by atoms with Crippen molar-refractivity contribution in [1.82, 2.24) is 4.90 Å². The van der Waals surface area contributed by atoms with Crippen LogP contribution in [0.3, 0.4) is 0 Å². The zero-order valence-electron chi connectivity index (χ0n) is 8.74. The van der Waals surface area contributed by atoms with Crippen molar-refractivity contribution in [3.63, 3.8) is 0 Å². The van der Waals surface area contributed by atoms with E-state index in [0.717, 1.165) is 25.6 Å². The van der Waals surface area contributed by atoms with Gasteiger partial charge < -0.3 is 4.74 Å². The van der Waals surface area contributed by atoms with Gasteiger partial charge in [-0.05, 0) is 31.8 Å². The maximum absolute atomic E-state index is 10.8. The molecule has 0 unspecified atom stereocenters. The average molecular weight is 217 g/mol. The van der Waals surface area contributed by atoms with Gasteiger partial charge in [0.1, 0.15) is 6.61 Å². The number of hydrogen-bond donors (Lipinski definition) is 1. The Morgan fingerprint density at radius 3 is 2.71 bits per heavy atom. The predicted octanol–water partition coefficient (Wildman–Crippen LogP) is 1.19. The number of nitrogens with zero attached hydrogens (tertiary/aromatic N) is 1. The standard InChI is InChI=1S/C10H19NO2S/c1-9-2-4-11(5-3-9)6-7-13-10(12)8-14/h9,14H,2-8H2,1H3. The molecule has 0 saturated carbocycles. The minimum atomic E-state index is -0.223. The first-order chi connectivity index (χ1) is 6.72. The molecule has 0 bridgehead atoms. The van der Waals surface area contributed by atoms with Crippen molar-refractivity contribution < 1.29 is 9.53 Å². The molecular weight excluding hydrogens is 198 g/mol. The number of carbonyl (C=O) groups is 1. The number of thiol groups is 1. The number of likely N-dealkylation sites (tertiary alicyclic amines) is 1. The zero-order valence-corrected chi connectivity index (χ0v) is 9.63. The van der Waals surface area contributed by atoms with Crippen molar-refractivity contribution in [1.29, 1.82) is 0 Å².